The molecule has 0 unspecified atom stereocenters. The molecule has 3 aliphatic rings. The number of ether oxygens (including phenoxy) is 2. The van der Waals surface area contributed by atoms with Crippen molar-refractivity contribution in [2.24, 2.45) is 5.92 Å². The number of aryl methyl sites for hydroxylation is 1. The van der Waals surface area contributed by atoms with Crippen LogP contribution in [0.15, 0.2) is 97.1 Å². The molecular formula is C42H47N3O7Si. The van der Waals surface area contributed by atoms with Crippen LogP contribution in [0, 0.1) is 5.92 Å². The van der Waals surface area contributed by atoms with Crippen molar-refractivity contribution in [1.29, 1.82) is 0 Å². The maximum atomic E-state index is 15.1. The normalized spacial score (nSPS) is 22.3. The maximum Gasteiger partial charge on any atom is 0.264 e. The van der Waals surface area contributed by atoms with E-state index in [-0.39, 0.29) is 43.8 Å². The van der Waals surface area contributed by atoms with Crippen LogP contribution in [0.5, 0.6) is 5.75 Å². The predicted octanol–water partition coefficient (Wildman–Crippen LogP) is 6.06. The number of amides is 3. The van der Waals surface area contributed by atoms with Gasteiger partial charge in [-0.15, -0.1) is 0 Å². The Morgan fingerprint density at radius 2 is 1.68 bits per heavy atom. The largest absolute Gasteiger partial charge is 0.497 e. The number of rotatable bonds is 11. The first-order valence-corrected chi connectivity index (χ1v) is 21.3. The van der Waals surface area contributed by atoms with E-state index >= 15 is 4.79 Å². The topological polar surface area (TPSA) is 120 Å². The lowest BCUT2D eigenvalue weighted by molar-refractivity contribution is -0.150. The number of carbonyl (C=O) groups excluding carboxylic acids is 3. The summed E-state index contributed by atoms with van der Waals surface area (Å²) in [6, 6.07) is 30.8. The molecule has 1 saturated heterocycles. The van der Waals surface area contributed by atoms with Gasteiger partial charge in [0.25, 0.3) is 5.91 Å². The van der Waals surface area contributed by atoms with E-state index in [9.17, 15) is 19.5 Å². The average molecular weight is 734 g/mol. The molecule has 3 amide bonds. The molecule has 11 heteroatoms. The quantitative estimate of drug-likeness (QED) is 0.180. The Kier molecular flexibility index (Phi) is 10.0. The van der Waals surface area contributed by atoms with E-state index < -0.39 is 31.5 Å². The molecule has 0 aliphatic carbocycles. The van der Waals surface area contributed by atoms with Gasteiger partial charge in [-0.05, 0) is 72.6 Å². The van der Waals surface area contributed by atoms with Crippen LogP contribution in [0.2, 0.25) is 18.6 Å². The average Bonchev–Trinajstić information content (AvgIpc) is 3.57. The molecule has 1 fully saturated rings. The smallest absolute Gasteiger partial charge is 0.264 e. The van der Waals surface area contributed by atoms with E-state index in [2.05, 4.69) is 0 Å². The van der Waals surface area contributed by atoms with Crippen molar-refractivity contribution in [1.82, 2.24) is 4.90 Å². The fourth-order valence-electron chi connectivity index (χ4n) is 8.75. The number of aliphatic hydroxyl groups is 1. The molecular weight excluding hydrogens is 687 g/mol. The third-order valence-electron chi connectivity index (χ3n) is 11.1. The summed E-state index contributed by atoms with van der Waals surface area (Å²) in [6.07, 6.45) is 0.304. The summed E-state index contributed by atoms with van der Waals surface area (Å²) < 4.78 is 12.6. The molecule has 4 aromatic rings. The van der Waals surface area contributed by atoms with Crippen molar-refractivity contribution in [2.75, 3.05) is 30.1 Å². The first kappa shape index (κ1) is 36.5. The number of hydrogen-bond acceptors (Lipinski definition) is 7. The van der Waals surface area contributed by atoms with Crippen molar-refractivity contribution in [3.63, 3.8) is 0 Å². The summed E-state index contributed by atoms with van der Waals surface area (Å²) in [5, 5.41) is 9.87. The molecule has 276 valence electrons. The Morgan fingerprint density at radius 3 is 2.42 bits per heavy atom. The molecule has 53 heavy (non-hydrogen) atoms. The molecule has 0 radical (unpaired) electrons. The molecule has 2 N–H and O–H groups in total. The van der Waals surface area contributed by atoms with Crippen LogP contribution in [-0.4, -0.2) is 67.2 Å². The minimum absolute atomic E-state index is 0.0198. The molecule has 0 saturated carbocycles. The fourth-order valence-corrected chi connectivity index (χ4v) is 11.3. The Labute approximate surface area is 311 Å². The molecule has 0 aromatic heterocycles. The number of nitrogens with zero attached hydrogens (tertiary/aromatic N) is 3. The summed E-state index contributed by atoms with van der Waals surface area (Å²) in [5.74, 6) is -0.394. The van der Waals surface area contributed by atoms with Gasteiger partial charge in [0.1, 0.15) is 5.75 Å². The molecule has 1 spiro atoms. The van der Waals surface area contributed by atoms with Crippen molar-refractivity contribution in [2.45, 2.75) is 69.6 Å². The summed E-state index contributed by atoms with van der Waals surface area (Å²) in [4.78, 5) is 59.2. The molecule has 7 rings (SSSR count). The van der Waals surface area contributed by atoms with E-state index in [1.165, 1.54) is 0 Å². The van der Waals surface area contributed by atoms with Gasteiger partial charge < -0.3 is 29.2 Å². The van der Waals surface area contributed by atoms with Gasteiger partial charge in [-0.25, -0.2) is 0 Å². The molecule has 3 heterocycles. The molecule has 3 aliphatic heterocycles. The number of para-hydroxylation sites is 1. The van der Waals surface area contributed by atoms with Crippen LogP contribution in [0.25, 0.3) is 0 Å². The predicted molar refractivity (Wildman–Crippen MR) is 205 cm³/mol. The first-order chi connectivity index (χ1) is 25.5. The second-order valence-electron chi connectivity index (χ2n) is 14.9. The number of carbonyl (C=O) groups is 3. The van der Waals surface area contributed by atoms with Gasteiger partial charge in [0.2, 0.25) is 11.8 Å². The van der Waals surface area contributed by atoms with E-state index in [1.54, 1.807) is 21.8 Å². The number of methoxy groups -OCH3 is 1. The maximum absolute atomic E-state index is 15.1. The van der Waals surface area contributed by atoms with Crippen LogP contribution < -0.4 is 14.5 Å². The van der Waals surface area contributed by atoms with Crippen LogP contribution in [-0.2, 0) is 44.2 Å². The number of benzene rings is 4. The third-order valence-corrected chi connectivity index (χ3v) is 13.6. The standard InChI is InChI=1S/C42H47N3O7Si/c1-28-40(53(3,4)50)37(25-39(48)43(21-22-46)26-29-11-6-5-7-12-29)52-42(28)34-24-33(51-2)18-19-36(34)44(41(42)49)27-30-13-10-15-32(23-30)45-35-16-9-8-14-31(35)17-20-38(45)47/h5-16,18-19,23-24,28,37,40,46,50H,17,20-22,25-27H2,1-4H3/t28-,37+,40-,42+/m1/s1. The Bertz CT molecular complexity index is 2020. The van der Waals surface area contributed by atoms with Gasteiger partial charge in [0.15, 0.2) is 13.9 Å². The fraction of sp³-hybridized carbons (Fsp3) is 0.357. The van der Waals surface area contributed by atoms with E-state index in [0.29, 0.717) is 36.4 Å². The lowest BCUT2D eigenvalue weighted by Gasteiger charge is -2.33. The van der Waals surface area contributed by atoms with Crippen LogP contribution in [0.1, 0.15) is 42.0 Å². The molecule has 0 bridgehead atoms. The number of anilines is 3. The highest BCUT2D eigenvalue weighted by atomic mass is 28.4. The van der Waals surface area contributed by atoms with Crippen molar-refractivity contribution in [3.8, 4) is 5.75 Å². The minimum Gasteiger partial charge on any atom is -0.497 e. The third kappa shape index (κ3) is 6.67. The van der Waals surface area contributed by atoms with Crippen LogP contribution >= 0.6 is 0 Å². The molecule has 4 aromatic carbocycles. The summed E-state index contributed by atoms with van der Waals surface area (Å²) >= 11 is 0. The van der Waals surface area contributed by atoms with Crippen LogP contribution in [0.3, 0.4) is 0 Å². The summed E-state index contributed by atoms with van der Waals surface area (Å²) in [5.41, 5.74) is 3.84. The van der Waals surface area contributed by atoms with Gasteiger partial charge in [0.05, 0.1) is 44.2 Å². The number of hydrogen-bond donors (Lipinski definition) is 2. The lowest BCUT2D eigenvalue weighted by atomic mass is 9.82. The number of fused-ring (bicyclic) bond motifs is 3. The Hall–Kier alpha value is -4.81. The Balaban J connectivity index is 1.23. The highest BCUT2D eigenvalue weighted by Crippen LogP contribution is 2.60. The van der Waals surface area contributed by atoms with Crippen molar-refractivity contribution < 1.29 is 33.8 Å². The molecule has 4 atom stereocenters. The monoisotopic (exact) mass is 733 g/mol. The number of aliphatic hydroxyl groups excluding tert-OH is 1. The van der Waals surface area contributed by atoms with E-state index in [4.69, 9.17) is 9.47 Å². The van der Waals surface area contributed by atoms with Gasteiger partial charge in [-0.3, -0.25) is 19.3 Å². The van der Waals surface area contributed by atoms with Gasteiger partial charge in [-0.2, -0.15) is 0 Å². The van der Waals surface area contributed by atoms with E-state index in [1.807, 2.05) is 117 Å². The van der Waals surface area contributed by atoms with Gasteiger partial charge in [0, 0.05) is 42.2 Å². The van der Waals surface area contributed by atoms with Crippen molar-refractivity contribution in [3.05, 3.63) is 119 Å². The highest BCUT2D eigenvalue weighted by molar-refractivity contribution is 6.71. The summed E-state index contributed by atoms with van der Waals surface area (Å²) in [6.45, 7) is 6.08. The zero-order chi connectivity index (χ0) is 37.5. The van der Waals surface area contributed by atoms with Crippen LogP contribution in [0.4, 0.5) is 17.1 Å². The lowest BCUT2D eigenvalue weighted by Crippen LogP contribution is -2.46. The zero-order valence-corrected chi connectivity index (χ0v) is 31.7. The van der Waals surface area contributed by atoms with E-state index in [0.717, 1.165) is 28.1 Å². The van der Waals surface area contributed by atoms with Gasteiger partial charge in [-0.1, -0.05) is 67.6 Å². The highest BCUT2D eigenvalue weighted by Gasteiger charge is 2.66. The first-order valence-electron chi connectivity index (χ1n) is 18.3. The SMILES string of the molecule is COc1ccc2c(c1)[C@]1(O[C@@H](CC(=O)N(CCO)Cc3ccccc3)[C@H]([Si](C)(C)O)[C@H]1C)C(=O)N2Cc1cccc(N2C(=O)CCc3ccccc32)c1. The second-order valence-corrected chi connectivity index (χ2v) is 18.9. The van der Waals surface area contributed by atoms with Crippen molar-refractivity contribution >= 4 is 43.1 Å². The minimum atomic E-state index is -3.05. The zero-order valence-electron chi connectivity index (χ0n) is 30.7. The summed E-state index contributed by atoms with van der Waals surface area (Å²) in [7, 11) is -1.48. The second kappa shape index (κ2) is 14.5. The Morgan fingerprint density at radius 1 is 0.943 bits per heavy atom. The van der Waals surface area contributed by atoms with Gasteiger partial charge >= 0.3 is 0 Å². The molecule has 10 nitrogen and oxygen atoms in total.